The zero-order valence-corrected chi connectivity index (χ0v) is 34.1. The van der Waals surface area contributed by atoms with E-state index in [2.05, 4.69) is 94.4 Å². The molecule has 0 unspecified atom stereocenters. The molecule has 0 aromatic heterocycles. The van der Waals surface area contributed by atoms with Crippen molar-refractivity contribution in [2.75, 3.05) is 5.73 Å². The third-order valence-corrected chi connectivity index (χ3v) is 12.6. The highest BCUT2D eigenvalue weighted by atomic mass is 16.6. The van der Waals surface area contributed by atoms with Gasteiger partial charge in [-0.2, -0.15) is 0 Å². The Morgan fingerprint density at radius 2 is 0.833 bits per heavy atom. The summed E-state index contributed by atoms with van der Waals surface area (Å²) in [4.78, 5) is 11.2. The van der Waals surface area contributed by atoms with Gasteiger partial charge in [0.25, 0.3) is 5.69 Å². The fourth-order valence-corrected chi connectivity index (χ4v) is 9.77. The number of benzene rings is 4. The first-order valence-corrected chi connectivity index (χ1v) is 21.8. The number of hydrogen-bond acceptors (Lipinski definition) is 3. The normalized spacial score (nSPS) is 14.1. The summed E-state index contributed by atoms with van der Waals surface area (Å²) in [6, 6.07) is 29.9. The van der Waals surface area contributed by atoms with Crippen molar-refractivity contribution >= 4 is 11.4 Å². The van der Waals surface area contributed by atoms with Crippen molar-refractivity contribution < 1.29 is 4.92 Å². The lowest BCUT2D eigenvalue weighted by Crippen LogP contribution is -2.25. The van der Waals surface area contributed by atoms with Crippen molar-refractivity contribution in [3.8, 4) is 22.3 Å². The van der Waals surface area contributed by atoms with Crippen LogP contribution in [0, 0.1) is 10.1 Å². The quantitative estimate of drug-likeness (QED) is 0.0402. The molecule has 0 aliphatic heterocycles. The molecule has 4 heteroatoms. The predicted octanol–water partition coefficient (Wildman–Crippen LogP) is 15.3. The van der Waals surface area contributed by atoms with Crippen LogP contribution in [0.1, 0.15) is 178 Å². The first-order chi connectivity index (χ1) is 26.4. The Bertz CT molecular complexity index is 1770. The van der Waals surface area contributed by atoms with Crippen LogP contribution in [-0.4, -0.2) is 4.92 Å². The highest BCUT2D eigenvalue weighted by molar-refractivity contribution is 5.83. The van der Waals surface area contributed by atoms with Crippen molar-refractivity contribution in [2.45, 2.75) is 167 Å². The Morgan fingerprint density at radius 1 is 0.463 bits per heavy atom. The Hall–Kier alpha value is -3.92. The van der Waals surface area contributed by atoms with Crippen molar-refractivity contribution in [3.05, 3.63) is 117 Å². The molecule has 6 rings (SSSR count). The number of fused-ring (bicyclic) bond motifs is 6. The third-order valence-electron chi connectivity index (χ3n) is 12.6. The molecule has 0 radical (unpaired) electrons. The van der Waals surface area contributed by atoms with Gasteiger partial charge in [-0.3, -0.25) is 10.1 Å². The standard InChI is InChI=1S/C25H33NO2.C25H35N/c1-3-5-7-11-17-25(18-12-8-6-4-2)23-14-10-9-13-21(23)22-16-15-20(26(27)28)19-24(22)25;1-3-5-7-11-17-25(18-12-8-6-4-2)23-14-10-9-13-21(23)22-16-15-20(26)19-24(22)25/h9-10,13-16,19H,3-8,11-12,17-18H2,1-2H3;9-10,13-16,19H,3-8,11-12,17-18,26H2,1-2H3. The highest BCUT2D eigenvalue weighted by Gasteiger charge is 2.43. The summed E-state index contributed by atoms with van der Waals surface area (Å²) in [5.41, 5.74) is 18.4. The average molecular weight is 729 g/mol. The molecule has 4 aromatic carbocycles. The average Bonchev–Trinajstić information content (AvgIpc) is 3.62. The fourth-order valence-electron chi connectivity index (χ4n) is 9.77. The number of rotatable bonds is 21. The molecular weight excluding hydrogens is 661 g/mol. The summed E-state index contributed by atoms with van der Waals surface area (Å²) in [5.74, 6) is 0. The molecule has 0 saturated heterocycles. The SMILES string of the molecule is CCCCCCC1(CCCCCC)c2ccccc2-c2ccc(N)cc21.CCCCCCC1(CCCCCC)c2ccccc2-c2ccc([N+](=O)[O-])cc21. The van der Waals surface area contributed by atoms with Crippen LogP contribution in [-0.2, 0) is 10.8 Å². The van der Waals surface area contributed by atoms with Crippen molar-refractivity contribution in [3.63, 3.8) is 0 Å². The maximum Gasteiger partial charge on any atom is 0.269 e. The number of nitrogens with zero attached hydrogens (tertiary/aromatic N) is 1. The van der Waals surface area contributed by atoms with Crippen LogP contribution in [0.2, 0.25) is 0 Å². The Balaban J connectivity index is 0.000000208. The summed E-state index contributed by atoms with van der Waals surface area (Å²) in [6.45, 7) is 9.07. The van der Waals surface area contributed by atoms with Gasteiger partial charge < -0.3 is 5.73 Å². The van der Waals surface area contributed by atoms with Crippen LogP contribution in [0.5, 0.6) is 0 Å². The zero-order valence-electron chi connectivity index (χ0n) is 34.1. The molecular formula is C50H68N2O2. The Morgan fingerprint density at radius 3 is 1.24 bits per heavy atom. The van der Waals surface area contributed by atoms with Gasteiger partial charge in [0.05, 0.1) is 4.92 Å². The molecule has 290 valence electrons. The van der Waals surface area contributed by atoms with Gasteiger partial charge in [0.1, 0.15) is 0 Å². The maximum absolute atomic E-state index is 11.5. The van der Waals surface area contributed by atoms with E-state index in [0.29, 0.717) is 0 Å². The van der Waals surface area contributed by atoms with Gasteiger partial charge in [-0.25, -0.2) is 0 Å². The molecule has 0 fully saturated rings. The molecule has 0 heterocycles. The maximum atomic E-state index is 11.5. The summed E-state index contributed by atoms with van der Waals surface area (Å²) in [6.07, 6.45) is 25.1. The van der Waals surface area contributed by atoms with Gasteiger partial charge in [0, 0.05) is 28.7 Å². The number of unbranched alkanes of at least 4 members (excludes halogenated alkanes) is 12. The molecule has 4 nitrogen and oxygen atoms in total. The van der Waals surface area contributed by atoms with E-state index in [1.807, 2.05) is 12.1 Å². The largest absolute Gasteiger partial charge is 0.399 e. The number of nitro benzene ring substituents is 1. The van der Waals surface area contributed by atoms with Gasteiger partial charge in [-0.15, -0.1) is 0 Å². The number of nitrogens with two attached hydrogens (primary N) is 1. The van der Waals surface area contributed by atoms with Crippen LogP contribution in [0.3, 0.4) is 0 Å². The van der Waals surface area contributed by atoms with E-state index >= 15 is 0 Å². The first-order valence-electron chi connectivity index (χ1n) is 21.8. The fraction of sp³-hybridized carbons (Fsp3) is 0.520. The van der Waals surface area contributed by atoms with Gasteiger partial charge in [-0.1, -0.05) is 185 Å². The molecule has 2 aliphatic rings. The van der Waals surface area contributed by atoms with Crippen LogP contribution in [0.25, 0.3) is 22.3 Å². The number of hydrogen-bond donors (Lipinski definition) is 1. The van der Waals surface area contributed by atoms with Gasteiger partial charge in [0.2, 0.25) is 0 Å². The van der Waals surface area contributed by atoms with E-state index in [1.54, 1.807) is 11.6 Å². The van der Waals surface area contributed by atoms with Crippen LogP contribution in [0.15, 0.2) is 84.9 Å². The monoisotopic (exact) mass is 729 g/mol. The number of anilines is 1. The lowest BCUT2D eigenvalue weighted by atomic mass is 9.70. The summed E-state index contributed by atoms with van der Waals surface area (Å²) in [5, 5.41) is 11.5. The van der Waals surface area contributed by atoms with Crippen molar-refractivity contribution in [1.82, 2.24) is 0 Å². The molecule has 0 saturated carbocycles. The van der Waals surface area contributed by atoms with Crippen LogP contribution in [0.4, 0.5) is 11.4 Å². The second-order valence-corrected chi connectivity index (χ2v) is 16.3. The Kier molecular flexibility index (Phi) is 15.4. The second kappa shape index (κ2) is 20.1. The zero-order chi connectivity index (χ0) is 38.4. The summed E-state index contributed by atoms with van der Waals surface area (Å²) >= 11 is 0. The van der Waals surface area contributed by atoms with Crippen LogP contribution < -0.4 is 5.73 Å². The van der Waals surface area contributed by atoms with Crippen molar-refractivity contribution in [1.29, 1.82) is 0 Å². The minimum Gasteiger partial charge on any atom is -0.399 e. The molecule has 54 heavy (non-hydrogen) atoms. The molecule has 0 amide bonds. The number of nitro groups is 1. The summed E-state index contributed by atoms with van der Waals surface area (Å²) in [7, 11) is 0. The predicted molar refractivity (Wildman–Crippen MR) is 231 cm³/mol. The molecule has 0 spiro atoms. The minimum absolute atomic E-state index is 0.0700. The number of nitrogen functional groups attached to an aromatic ring is 1. The van der Waals surface area contributed by atoms with Gasteiger partial charge in [0.15, 0.2) is 0 Å². The summed E-state index contributed by atoms with van der Waals surface area (Å²) < 4.78 is 0. The lowest BCUT2D eigenvalue weighted by molar-refractivity contribution is -0.384. The van der Waals surface area contributed by atoms with E-state index < -0.39 is 0 Å². The molecule has 2 N–H and O–H groups in total. The topological polar surface area (TPSA) is 69.2 Å². The lowest BCUT2D eigenvalue weighted by Gasteiger charge is -2.33. The minimum atomic E-state index is -0.248. The number of non-ortho nitro benzene ring substituents is 1. The molecule has 0 atom stereocenters. The van der Waals surface area contributed by atoms with Gasteiger partial charge >= 0.3 is 0 Å². The van der Waals surface area contributed by atoms with E-state index in [-0.39, 0.29) is 21.4 Å². The molecule has 0 bridgehead atoms. The molecule has 4 aromatic rings. The smallest absolute Gasteiger partial charge is 0.269 e. The van der Waals surface area contributed by atoms with Gasteiger partial charge in [-0.05, 0) is 88.4 Å². The third kappa shape index (κ3) is 9.12. The van der Waals surface area contributed by atoms with E-state index in [1.165, 1.54) is 155 Å². The van der Waals surface area contributed by atoms with Crippen LogP contribution >= 0.6 is 0 Å². The van der Waals surface area contributed by atoms with Crippen molar-refractivity contribution in [2.24, 2.45) is 0 Å². The first kappa shape index (κ1) is 41.2. The molecule has 2 aliphatic carbocycles. The van der Waals surface area contributed by atoms with E-state index in [4.69, 9.17) is 5.73 Å². The Labute approximate surface area is 327 Å². The highest BCUT2D eigenvalue weighted by Crippen LogP contribution is 2.56. The van der Waals surface area contributed by atoms with E-state index in [0.717, 1.165) is 18.5 Å². The second-order valence-electron chi connectivity index (χ2n) is 16.3. The van der Waals surface area contributed by atoms with E-state index in [9.17, 15) is 10.1 Å².